The lowest BCUT2D eigenvalue weighted by Gasteiger charge is -2.19. The molecule has 2 atom stereocenters. The maximum atomic E-state index is 11.2. The fourth-order valence-electron chi connectivity index (χ4n) is 1.75. The first-order valence-electron chi connectivity index (χ1n) is 5.12. The van der Waals surface area contributed by atoms with Crippen LogP contribution in [0.4, 0.5) is 0 Å². The molecule has 1 aliphatic heterocycles. The molecule has 0 bridgehead atoms. The lowest BCUT2D eigenvalue weighted by Crippen LogP contribution is -2.27. The number of carbonyl (C=O) groups excluding carboxylic acids is 1. The Balaban J connectivity index is 2.12. The molecule has 0 aromatic carbocycles. The van der Waals surface area contributed by atoms with Crippen LogP contribution in [0.15, 0.2) is 0 Å². The van der Waals surface area contributed by atoms with E-state index in [1.165, 1.54) is 19.4 Å². The summed E-state index contributed by atoms with van der Waals surface area (Å²) in [6.07, 6.45) is 3.50. The summed E-state index contributed by atoms with van der Waals surface area (Å²) in [5, 5.41) is 0. The lowest BCUT2D eigenvalue weighted by atomic mass is 10.1. The van der Waals surface area contributed by atoms with Gasteiger partial charge in [-0.2, -0.15) is 0 Å². The van der Waals surface area contributed by atoms with Crippen LogP contribution in [-0.4, -0.2) is 41.0 Å². The standard InChI is InChI=1S/C10H18INO2/c1-8(11)10(13)14-7-5-9-4-3-6-12(9)2/h8-9H,3-7H2,1-2H3. The average Bonchev–Trinajstić information content (AvgIpc) is 2.51. The van der Waals surface area contributed by atoms with Crippen molar-refractivity contribution in [2.24, 2.45) is 0 Å². The highest BCUT2D eigenvalue weighted by atomic mass is 127. The minimum atomic E-state index is -0.0914. The molecule has 0 N–H and O–H groups in total. The van der Waals surface area contributed by atoms with Gasteiger partial charge >= 0.3 is 5.97 Å². The third kappa shape index (κ3) is 3.73. The molecule has 14 heavy (non-hydrogen) atoms. The number of alkyl halides is 1. The van der Waals surface area contributed by atoms with Gasteiger partial charge in [-0.05, 0) is 39.8 Å². The highest BCUT2D eigenvalue weighted by Gasteiger charge is 2.21. The molecule has 0 amide bonds. The van der Waals surface area contributed by atoms with Crippen LogP contribution in [0.3, 0.4) is 0 Å². The monoisotopic (exact) mass is 311 g/mol. The van der Waals surface area contributed by atoms with Gasteiger partial charge < -0.3 is 9.64 Å². The third-order valence-corrected chi connectivity index (χ3v) is 3.20. The molecule has 0 aliphatic carbocycles. The normalized spacial score (nSPS) is 24.9. The van der Waals surface area contributed by atoms with Crippen molar-refractivity contribution < 1.29 is 9.53 Å². The quantitative estimate of drug-likeness (QED) is 0.451. The van der Waals surface area contributed by atoms with Gasteiger partial charge in [-0.25, -0.2) is 0 Å². The number of nitrogens with zero attached hydrogens (tertiary/aromatic N) is 1. The van der Waals surface area contributed by atoms with Crippen LogP contribution in [0.25, 0.3) is 0 Å². The minimum Gasteiger partial charge on any atom is -0.465 e. The van der Waals surface area contributed by atoms with Gasteiger partial charge in [-0.1, -0.05) is 22.6 Å². The zero-order valence-electron chi connectivity index (χ0n) is 8.83. The summed E-state index contributed by atoms with van der Waals surface area (Å²) in [4.78, 5) is 13.5. The number of esters is 1. The zero-order valence-corrected chi connectivity index (χ0v) is 11.0. The molecule has 0 aromatic heterocycles. The Morgan fingerprint density at radius 3 is 2.93 bits per heavy atom. The van der Waals surface area contributed by atoms with Gasteiger partial charge in [0.1, 0.15) is 3.92 Å². The second kappa shape index (κ2) is 5.90. The maximum absolute atomic E-state index is 11.2. The molecule has 4 heteroatoms. The minimum absolute atomic E-state index is 0.0334. The van der Waals surface area contributed by atoms with Crippen molar-refractivity contribution in [3.8, 4) is 0 Å². The molecule has 1 fully saturated rings. The summed E-state index contributed by atoms with van der Waals surface area (Å²) in [5.41, 5.74) is 0. The van der Waals surface area contributed by atoms with E-state index < -0.39 is 0 Å². The van der Waals surface area contributed by atoms with Gasteiger partial charge in [0.25, 0.3) is 0 Å². The molecular weight excluding hydrogens is 293 g/mol. The van der Waals surface area contributed by atoms with Gasteiger partial charge in [0.05, 0.1) is 6.61 Å². The van der Waals surface area contributed by atoms with Crippen LogP contribution < -0.4 is 0 Å². The van der Waals surface area contributed by atoms with E-state index in [0.717, 1.165) is 6.42 Å². The molecule has 0 radical (unpaired) electrons. The molecule has 3 nitrogen and oxygen atoms in total. The number of rotatable bonds is 4. The Labute approximate surface area is 99.3 Å². The number of hydrogen-bond acceptors (Lipinski definition) is 3. The zero-order chi connectivity index (χ0) is 10.6. The van der Waals surface area contributed by atoms with Crippen molar-refractivity contribution in [3.05, 3.63) is 0 Å². The van der Waals surface area contributed by atoms with Crippen LogP contribution in [0.1, 0.15) is 26.2 Å². The first-order valence-corrected chi connectivity index (χ1v) is 6.36. The van der Waals surface area contributed by atoms with Crippen molar-refractivity contribution in [2.75, 3.05) is 20.2 Å². The summed E-state index contributed by atoms with van der Waals surface area (Å²) >= 11 is 2.08. The van der Waals surface area contributed by atoms with Crippen molar-refractivity contribution in [2.45, 2.75) is 36.2 Å². The molecule has 0 spiro atoms. The predicted octanol–water partition coefficient (Wildman–Crippen LogP) is 1.84. The summed E-state index contributed by atoms with van der Waals surface area (Å²) in [7, 11) is 2.14. The third-order valence-electron chi connectivity index (χ3n) is 2.69. The van der Waals surface area contributed by atoms with E-state index in [1.807, 2.05) is 6.92 Å². The van der Waals surface area contributed by atoms with E-state index in [9.17, 15) is 4.79 Å². The van der Waals surface area contributed by atoms with Gasteiger partial charge in [-0.3, -0.25) is 4.79 Å². The van der Waals surface area contributed by atoms with Gasteiger partial charge in [0.15, 0.2) is 0 Å². The summed E-state index contributed by atoms with van der Waals surface area (Å²) in [5.74, 6) is -0.0914. The highest BCUT2D eigenvalue weighted by molar-refractivity contribution is 14.1. The Morgan fingerprint density at radius 2 is 2.43 bits per heavy atom. The number of carbonyl (C=O) groups is 1. The maximum Gasteiger partial charge on any atom is 0.318 e. The topological polar surface area (TPSA) is 29.5 Å². The van der Waals surface area contributed by atoms with Crippen LogP contribution in [-0.2, 0) is 9.53 Å². The number of ether oxygens (including phenoxy) is 1. The van der Waals surface area contributed by atoms with E-state index in [-0.39, 0.29) is 9.89 Å². The number of halogens is 1. The SMILES string of the molecule is CC(I)C(=O)OCCC1CCCN1C. The van der Waals surface area contributed by atoms with Crippen molar-refractivity contribution in [1.82, 2.24) is 4.90 Å². The molecule has 2 unspecified atom stereocenters. The first kappa shape index (κ1) is 12.2. The molecule has 1 heterocycles. The van der Waals surface area contributed by atoms with Gasteiger partial charge in [-0.15, -0.1) is 0 Å². The van der Waals surface area contributed by atoms with E-state index in [2.05, 4.69) is 34.5 Å². The van der Waals surface area contributed by atoms with Crippen molar-refractivity contribution in [3.63, 3.8) is 0 Å². The van der Waals surface area contributed by atoms with Crippen LogP contribution in [0.2, 0.25) is 0 Å². The number of likely N-dealkylation sites (tertiary alicyclic amines) is 1. The molecule has 0 saturated carbocycles. The van der Waals surface area contributed by atoms with E-state index in [1.54, 1.807) is 0 Å². The smallest absolute Gasteiger partial charge is 0.318 e. The molecule has 0 aromatic rings. The van der Waals surface area contributed by atoms with E-state index >= 15 is 0 Å². The summed E-state index contributed by atoms with van der Waals surface area (Å²) in [6, 6.07) is 0.618. The highest BCUT2D eigenvalue weighted by Crippen LogP contribution is 2.17. The van der Waals surface area contributed by atoms with Gasteiger partial charge in [0.2, 0.25) is 0 Å². The molecule has 1 rings (SSSR count). The van der Waals surface area contributed by atoms with Crippen LogP contribution in [0.5, 0.6) is 0 Å². The molecule has 82 valence electrons. The Morgan fingerprint density at radius 1 is 1.71 bits per heavy atom. The van der Waals surface area contributed by atoms with E-state index in [4.69, 9.17) is 4.74 Å². The van der Waals surface area contributed by atoms with Crippen molar-refractivity contribution >= 4 is 28.6 Å². The molecular formula is C10H18INO2. The fraction of sp³-hybridized carbons (Fsp3) is 0.900. The Hall–Kier alpha value is 0.160. The molecule has 1 saturated heterocycles. The van der Waals surface area contributed by atoms with Gasteiger partial charge in [0, 0.05) is 6.04 Å². The second-order valence-electron chi connectivity index (χ2n) is 3.85. The summed E-state index contributed by atoms with van der Waals surface area (Å²) < 4.78 is 5.11. The molecule has 1 aliphatic rings. The summed E-state index contributed by atoms with van der Waals surface area (Å²) in [6.45, 7) is 3.60. The Kier molecular flexibility index (Phi) is 5.15. The first-order chi connectivity index (χ1) is 6.61. The Bertz CT molecular complexity index is 197. The second-order valence-corrected chi connectivity index (χ2v) is 5.72. The largest absolute Gasteiger partial charge is 0.465 e. The van der Waals surface area contributed by atoms with Crippen LogP contribution >= 0.6 is 22.6 Å². The van der Waals surface area contributed by atoms with E-state index in [0.29, 0.717) is 12.6 Å². The average molecular weight is 311 g/mol. The fourth-order valence-corrected chi connectivity index (χ4v) is 1.93. The number of hydrogen-bond donors (Lipinski definition) is 0. The van der Waals surface area contributed by atoms with Crippen molar-refractivity contribution in [1.29, 1.82) is 0 Å². The predicted molar refractivity (Wildman–Crippen MR) is 64.7 cm³/mol. The lowest BCUT2D eigenvalue weighted by molar-refractivity contribution is -0.142. The van der Waals surface area contributed by atoms with Crippen LogP contribution in [0, 0.1) is 0 Å².